The van der Waals surface area contributed by atoms with Crippen LogP contribution >= 0.6 is 11.3 Å². The molecule has 2 aromatic rings. The summed E-state index contributed by atoms with van der Waals surface area (Å²) in [4.78, 5) is 10.1. The third kappa shape index (κ3) is 4.86. The zero-order valence-corrected chi connectivity index (χ0v) is 13.6. The van der Waals surface area contributed by atoms with Gasteiger partial charge >= 0.3 is 0 Å². The largest absolute Gasteiger partial charge is 0.357 e. The first-order valence-electron chi connectivity index (χ1n) is 7.20. The van der Waals surface area contributed by atoms with Crippen molar-refractivity contribution in [3.05, 3.63) is 52.0 Å². The van der Waals surface area contributed by atoms with Crippen LogP contribution in [0.5, 0.6) is 0 Å². The summed E-state index contributed by atoms with van der Waals surface area (Å²) in [7, 11) is 0. The van der Waals surface area contributed by atoms with Gasteiger partial charge in [0.2, 0.25) is 0 Å². The number of rotatable bonds is 5. The number of nitrogens with one attached hydrogen (secondary N) is 2. The number of aromatic nitrogens is 1. The maximum Gasteiger partial charge on any atom is 0.192 e. The topological polar surface area (TPSA) is 49.3 Å². The molecule has 1 unspecified atom stereocenters. The van der Waals surface area contributed by atoms with Crippen molar-refractivity contribution in [2.24, 2.45) is 4.99 Å². The van der Waals surface area contributed by atoms with Crippen molar-refractivity contribution in [3.63, 3.8) is 0 Å². The minimum atomic E-state index is 0.215. The van der Waals surface area contributed by atoms with Gasteiger partial charge in [-0.3, -0.25) is 0 Å². The lowest BCUT2D eigenvalue weighted by molar-refractivity contribution is 0.687. The number of aryl methyl sites for hydroxylation is 1. The van der Waals surface area contributed by atoms with Crippen molar-refractivity contribution in [1.82, 2.24) is 15.6 Å². The Kier molecular flexibility index (Phi) is 5.75. The molecule has 0 aliphatic rings. The molecule has 1 heterocycles. The highest BCUT2D eigenvalue weighted by molar-refractivity contribution is 7.11. The van der Waals surface area contributed by atoms with Crippen LogP contribution in [0, 0.1) is 6.92 Å². The van der Waals surface area contributed by atoms with Crippen molar-refractivity contribution >= 4 is 17.3 Å². The summed E-state index contributed by atoms with van der Waals surface area (Å²) in [5.41, 5.74) is 1.25. The summed E-state index contributed by atoms with van der Waals surface area (Å²) >= 11 is 1.69. The Hall–Kier alpha value is -1.88. The molecule has 112 valence electrons. The fourth-order valence-electron chi connectivity index (χ4n) is 1.99. The first kappa shape index (κ1) is 15.5. The molecule has 21 heavy (non-hydrogen) atoms. The van der Waals surface area contributed by atoms with E-state index >= 15 is 0 Å². The summed E-state index contributed by atoms with van der Waals surface area (Å²) < 4.78 is 0. The first-order chi connectivity index (χ1) is 10.2. The van der Waals surface area contributed by atoms with Crippen LogP contribution < -0.4 is 10.6 Å². The van der Waals surface area contributed by atoms with Crippen molar-refractivity contribution in [1.29, 1.82) is 0 Å². The molecule has 1 aromatic heterocycles. The van der Waals surface area contributed by atoms with Crippen LogP contribution in [0.2, 0.25) is 0 Å². The van der Waals surface area contributed by atoms with Gasteiger partial charge in [0, 0.05) is 17.6 Å². The normalized spacial score (nSPS) is 13.0. The molecular weight excluding hydrogens is 280 g/mol. The number of hydrogen-bond acceptors (Lipinski definition) is 3. The van der Waals surface area contributed by atoms with Gasteiger partial charge in [-0.1, -0.05) is 30.3 Å². The van der Waals surface area contributed by atoms with Crippen LogP contribution in [0.1, 0.15) is 35.3 Å². The summed E-state index contributed by atoms with van der Waals surface area (Å²) in [5.74, 6) is 0.833. The molecule has 1 atom stereocenters. The van der Waals surface area contributed by atoms with Crippen molar-refractivity contribution in [2.75, 3.05) is 6.54 Å². The molecule has 0 saturated heterocycles. The van der Waals surface area contributed by atoms with Crippen molar-refractivity contribution in [2.45, 2.75) is 33.4 Å². The smallest absolute Gasteiger partial charge is 0.192 e. The van der Waals surface area contributed by atoms with Gasteiger partial charge in [-0.2, -0.15) is 0 Å². The molecule has 0 amide bonds. The summed E-state index contributed by atoms with van der Waals surface area (Å²) in [6.45, 7) is 7.72. The van der Waals surface area contributed by atoms with Crippen LogP contribution in [0.4, 0.5) is 0 Å². The van der Waals surface area contributed by atoms with E-state index in [1.807, 2.05) is 19.2 Å². The lowest BCUT2D eigenvalue weighted by Gasteiger charge is -2.18. The Bertz CT molecular complexity index is 577. The molecular formula is C16H22N4S. The summed E-state index contributed by atoms with van der Waals surface area (Å²) in [6.07, 6.45) is 1.90. The molecule has 0 bridgehead atoms. The lowest BCUT2D eigenvalue weighted by Crippen LogP contribution is -2.38. The highest BCUT2D eigenvalue weighted by atomic mass is 32.1. The van der Waals surface area contributed by atoms with E-state index < -0.39 is 0 Å². The molecule has 2 rings (SSSR count). The van der Waals surface area contributed by atoms with E-state index in [9.17, 15) is 0 Å². The SMILES string of the molecule is CCNC(=NCc1cnc(C)s1)NC(C)c1ccccc1. The van der Waals surface area contributed by atoms with Gasteiger partial charge < -0.3 is 10.6 Å². The second-order valence-corrected chi connectivity index (χ2v) is 6.14. The Morgan fingerprint density at radius 1 is 1.33 bits per heavy atom. The quantitative estimate of drug-likeness (QED) is 0.658. The fourth-order valence-corrected chi connectivity index (χ4v) is 2.70. The second kappa shape index (κ2) is 7.78. The molecule has 0 radical (unpaired) electrons. The maximum atomic E-state index is 4.63. The number of benzene rings is 1. The molecule has 0 aliphatic carbocycles. The van der Waals surface area contributed by atoms with Crippen molar-refractivity contribution < 1.29 is 0 Å². The van der Waals surface area contributed by atoms with Crippen LogP contribution in [0.3, 0.4) is 0 Å². The third-order valence-corrected chi connectivity index (χ3v) is 3.96. The van der Waals surface area contributed by atoms with Gasteiger partial charge in [-0.05, 0) is 26.3 Å². The second-order valence-electron chi connectivity index (χ2n) is 4.82. The van der Waals surface area contributed by atoms with E-state index in [4.69, 9.17) is 0 Å². The Morgan fingerprint density at radius 2 is 2.10 bits per heavy atom. The molecule has 0 aliphatic heterocycles. The van der Waals surface area contributed by atoms with E-state index in [-0.39, 0.29) is 6.04 Å². The highest BCUT2D eigenvalue weighted by Gasteiger charge is 2.07. The molecule has 5 heteroatoms. The summed E-state index contributed by atoms with van der Waals surface area (Å²) in [5, 5.41) is 7.80. The van der Waals surface area contributed by atoms with E-state index in [2.05, 4.69) is 58.7 Å². The van der Waals surface area contributed by atoms with Crippen LogP contribution in [0.25, 0.3) is 0 Å². The predicted octanol–water partition coefficient (Wildman–Crippen LogP) is 3.27. The molecule has 0 saturated carbocycles. The Morgan fingerprint density at radius 3 is 2.71 bits per heavy atom. The van der Waals surface area contributed by atoms with Crippen LogP contribution in [0.15, 0.2) is 41.5 Å². The van der Waals surface area contributed by atoms with E-state index in [1.54, 1.807) is 11.3 Å². The summed E-state index contributed by atoms with van der Waals surface area (Å²) in [6, 6.07) is 10.6. The Balaban J connectivity index is 2.01. The van der Waals surface area contributed by atoms with Gasteiger partial charge in [-0.15, -0.1) is 11.3 Å². The first-order valence-corrected chi connectivity index (χ1v) is 8.01. The monoisotopic (exact) mass is 302 g/mol. The average Bonchev–Trinajstić information content (AvgIpc) is 2.91. The van der Waals surface area contributed by atoms with Gasteiger partial charge in [0.15, 0.2) is 5.96 Å². The van der Waals surface area contributed by atoms with Gasteiger partial charge in [-0.25, -0.2) is 9.98 Å². The standard InChI is InChI=1S/C16H22N4S/c1-4-17-16(19-11-15-10-18-13(3)21-15)20-12(2)14-8-6-5-7-9-14/h5-10,12H,4,11H2,1-3H3,(H2,17,19,20). The minimum Gasteiger partial charge on any atom is -0.357 e. The van der Waals surface area contributed by atoms with Gasteiger partial charge in [0.1, 0.15) is 0 Å². The maximum absolute atomic E-state index is 4.63. The molecule has 4 nitrogen and oxygen atoms in total. The number of guanidine groups is 1. The highest BCUT2D eigenvalue weighted by Crippen LogP contribution is 2.13. The van der Waals surface area contributed by atoms with E-state index in [1.165, 1.54) is 10.4 Å². The number of nitrogens with zero attached hydrogens (tertiary/aromatic N) is 2. The van der Waals surface area contributed by atoms with Gasteiger partial charge in [0.05, 0.1) is 17.6 Å². The average molecular weight is 302 g/mol. The molecule has 1 aromatic carbocycles. The fraction of sp³-hybridized carbons (Fsp3) is 0.375. The van der Waals surface area contributed by atoms with Crippen LogP contribution in [-0.2, 0) is 6.54 Å². The number of thiazole rings is 1. The molecule has 2 N–H and O–H groups in total. The zero-order valence-electron chi connectivity index (χ0n) is 12.8. The zero-order chi connectivity index (χ0) is 15.1. The Labute approximate surface area is 130 Å². The van der Waals surface area contributed by atoms with E-state index in [0.717, 1.165) is 17.5 Å². The van der Waals surface area contributed by atoms with Gasteiger partial charge in [0.25, 0.3) is 0 Å². The number of aliphatic imine (C=N–C) groups is 1. The van der Waals surface area contributed by atoms with E-state index in [0.29, 0.717) is 6.54 Å². The number of hydrogen-bond donors (Lipinski definition) is 2. The molecule has 0 spiro atoms. The minimum absolute atomic E-state index is 0.215. The van der Waals surface area contributed by atoms with Crippen LogP contribution in [-0.4, -0.2) is 17.5 Å². The predicted molar refractivity (Wildman–Crippen MR) is 89.7 cm³/mol. The van der Waals surface area contributed by atoms with Crippen molar-refractivity contribution in [3.8, 4) is 0 Å². The molecule has 0 fully saturated rings. The third-order valence-electron chi connectivity index (χ3n) is 3.06. The lowest BCUT2D eigenvalue weighted by atomic mass is 10.1.